The summed E-state index contributed by atoms with van der Waals surface area (Å²) in [6.07, 6.45) is 0.578. The van der Waals surface area contributed by atoms with E-state index in [0.29, 0.717) is 6.42 Å². The molecule has 0 spiro atoms. The van der Waals surface area contributed by atoms with Gasteiger partial charge < -0.3 is 0 Å². The van der Waals surface area contributed by atoms with Gasteiger partial charge in [0.1, 0.15) is 11.9 Å². The van der Waals surface area contributed by atoms with Crippen molar-refractivity contribution in [2.24, 2.45) is 5.84 Å². The molecule has 1 amide bonds. The largest absolute Gasteiger partial charge is 0.293 e. The SMILES string of the molecule is NNC(=O)C1CC(c2ccc(F)cc2)NN1. The number of hydrogen-bond acceptors (Lipinski definition) is 4. The fraction of sp³-hybridized carbons (Fsp3) is 0.300. The Hall–Kier alpha value is -1.50. The van der Waals surface area contributed by atoms with E-state index >= 15 is 0 Å². The van der Waals surface area contributed by atoms with Crippen LogP contribution in [0.3, 0.4) is 0 Å². The number of carbonyl (C=O) groups is 1. The molecular weight excluding hydrogens is 211 g/mol. The van der Waals surface area contributed by atoms with Crippen LogP contribution in [-0.2, 0) is 4.79 Å². The molecule has 0 aliphatic carbocycles. The second-order valence-electron chi connectivity index (χ2n) is 3.69. The minimum absolute atomic E-state index is 0.0112. The van der Waals surface area contributed by atoms with Crippen LogP contribution >= 0.6 is 0 Å². The average Bonchev–Trinajstić information content (AvgIpc) is 2.78. The summed E-state index contributed by atoms with van der Waals surface area (Å²) >= 11 is 0. The lowest BCUT2D eigenvalue weighted by atomic mass is 10.0. The zero-order valence-electron chi connectivity index (χ0n) is 8.53. The van der Waals surface area contributed by atoms with Crippen LogP contribution < -0.4 is 22.1 Å². The van der Waals surface area contributed by atoms with Crippen LogP contribution in [0, 0.1) is 5.82 Å². The molecule has 0 saturated carbocycles. The van der Waals surface area contributed by atoms with Gasteiger partial charge in [-0.3, -0.25) is 10.2 Å². The highest BCUT2D eigenvalue weighted by atomic mass is 19.1. The molecule has 2 rings (SSSR count). The quantitative estimate of drug-likeness (QED) is 0.316. The van der Waals surface area contributed by atoms with Gasteiger partial charge in [0.05, 0.1) is 0 Å². The highest BCUT2D eigenvalue weighted by molar-refractivity contribution is 5.81. The summed E-state index contributed by atoms with van der Waals surface area (Å²) in [7, 11) is 0. The number of rotatable bonds is 2. The lowest BCUT2D eigenvalue weighted by Gasteiger charge is -2.08. The van der Waals surface area contributed by atoms with Crippen LogP contribution in [0.5, 0.6) is 0 Å². The second kappa shape index (κ2) is 4.56. The zero-order chi connectivity index (χ0) is 11.5. The summed E-state index contributed by atoms with van der Waals surface area (Å²) < 4.78 is 12.7. The van der Waals surface area contributed by atoms with E-state index in [4.69, 9.17) is 5.84 Å². The molecule has 2 atom stereocenters. The molecule has 1 heterocycles. The van der Waals surface area contributed by atoms with Gasteiger partial charge in [0.2, 0.25) is 0 Å². The maximum Gasteiger partial charge on any atom is 0.252 e. The highest BCUT2D eigenvalue weighted by Gasteiger charge is 2.29. The van der Waals surface area contributed by atoms with Crippen LogP contribution in [0.15, 0.2) is 24.3 Å². The van der Waals surface area contributed by atoms with E-state index in [9.17, 15) is 9.18 Å². The van der Waals surface area contributed by atoms with Gasteiger partial charge in [0.25, 0.3) is 5.91 Å². The molecule has 0 aromatic heterocycles. The van der Waals surface area contributed by atoms with Crippen molar-refractivity contribution >= 4 is 5.91 Å². The summed E-state index contributed by atoms with van der Waals surface area (Å²) in [5.41, 5.74) is 8.82. The van der Waals surface area contributed by atoms with Gasteiger partial charge >= 0.3 is 0 Å². The fourth-order valence-corrected chi connectivity index (χ4v) is 1.74. The minimum atomic E-state index is -0.361. The van der Waals surface area contributed by atoms with Crippen LogP contribution in [0.2, 0.25) is 0 Å². The summed E-state index contributed by atoms with van der Waals surface area (Å²) in [5.74, 6) is 4.50. The number of hydrazine groups is 2. The Bertz CT molecular complexity index is 381. The van der Waals surface area contributed by atoms with Crippen molar-refractivity contribution in [2.45, 2.75) is 18.5 Å². The first-order valence-corrected chi connectivity index (χ1v) is 4.97. The molecule has 0 radical (unpaired) electrons. The number of amides is 1. The Kier molecular flexibility index (Phi) is 3.14. The number of benzene rings is 1. The molecule has 2 unspecified atom stereocenters. The molecular formula is C10H13FN4O. The molecule has 16 heavy (non-hydrogen) atoms. The molecule has 5 N–H and O–H groups in total. The maximum atomic E-state index is 12.7. The van der Waals surface area contributed by atoms with E-state index < -0.39 is 0 Å². The Morgan fingerprint density at radius 1 is 1.38 bits per heavy atom. The first-order chi connectivity index (χ1) is 7.70. The minimum Gasteiger partial charge on any atom is -0.293 e. The molecule has 1 aliphatic rings. The molecule has 1 aromatic carbocycles. The third-order valence-corrected chi connectivity index (χ3v) is 2.63. The molecule has 0 bridgehead atoms. The summed E-state index contributed by atoms with van der Waals surface area (Å²) in [6, 6.07) is 5.80. The highest BCUT2D eigenvalue weighted by Crippen LogP contribution is 2.22. The fourth-order valence-electron chi connectivity index (χ4n) is 1.74. The predicted molar refractivity (Wildman–Crippen MR) is 56.1 cm³/mol. The maximum absolute atomic E-state index is 12.7. The van der Waals surface area contributed by atoms with Crippen LogP contribution in [-0.4, -0.2) is 11.9 Å². The van der Waals surface area contributed by atoms with Gasteiger partial charge in [-0.15, -0.1) is 0 Å². The zero-order valence-corrected chi connectivity index (χ0v) is 8.53. The second-order valence-corrected chi connectivity index (χ2v) is 3.69. The van der Waals surface area contributed by atoms with Crippen molar-refractivity contribution in [1.29, 1.82) is 0 Å². The topological polar surface area (TPSA) is 79.2 Å². The Morgan fingerprint density at radius 2 is 2.06 bits per heavy atom. The van der Waals surface area contributed by atoms with Gasteiger partial charge in [-0.25, -0.2) is 21.1 Å². The Balaban J connectivity index is 2.03. The van der Waals surface area contributed by atoms with Gasteiger partial charge in [0.15, 0.2) is 0 Å². The number of nitrogens with one attached hydrogen (secondary N) is 3. The van der Waals surface area contributed by atoms with Gasteiger partial charge in [-0.05, 0) is 24.1 Å². The smallest absolute Gasteiger partial charge is 0.252 e. The first-order valence-electron chi connectivity index (χ1n) is 4.97. The van der Waals surface area contributed by atoms with E-state index in [2.05, 4.69) is 16.3 Å². The van der Waals surface area contributed by atoms with Crippen LogP contribution in [0.25, 0.3) is 0 Å². The molecule has 6 heteroatoms. The monoisotopic (exact) mass is 224 g/mol. The molecule has 1 fully saturated rings. The summed E-state index contributed by atoms with van der Waals surface area (Å²) in [5, 5.41) is 0. The van der Waals surface area contributed by atoms with Crippen molar-refractivity contribution in [2.75, 3.05) is 0 Å². The number of hydrogen-bond donors (Lipinski definition) is 4. The molecule has 5 nitrogen and oxygen atoms in total. The van der Waals surface area contributed by atoms with E-state index in [1.807, 2.05) is 0 Å². The van der Waals surface area contributed by atoms with Crippen LogP contribution in [0.4, 0.5) is 4.39 Å². The van der Waals surface area contributed by atoms with Crippen molar-refractivity contribution in [1.82, 2.24) is 16.3 Å². The first kappa shape index (κ1) is 11.0. The molecule has 1 aliphatic heterocycles. The third-order valence-electron chi connectivity index (χ3n) is 2.63. The number of carbonyl (C=O) groups excluding carboxylic acids is 1. The van der Waals surface area contributed by atoms with Crippen molar-refractivity contribution in [3.63, 3.8) is 0 Å². The average molecular weight is 224 g/mol. The van der Waals surface area contributed by atoms with Crippen molar-refractivity contribution in [3.05, 3.63) is 35.6 Å². The van der Waals surface area contributed by atoms with Gasteiger partial charge in [-0.1, -0.05) is 12.1 Å². The molecule has 86 valence electrons. The van der Waals surface area contributed by atoms with Crippen molar-refractivity contribution in [3.8, 4) is 0 Å². The molecule has 1 saturated heterocycles. The van der Waals surface area contributed by atoms with E-state index in [1.165, 1.54) is 12.1 Å². The van der Waals surface area contributed by atoms with Gasteiger partial charge in [-0.2, -0.15) is 0 Å². The number of halogens is 1. The van der Waals surface area contributed by atoms with Gasteiger partial charge in [0, 0.05) is 6.04 Å². The summed E-state index contributed by atoms with van der Waals surface area (Å²) in [6.45, 7) is 0. The Morgan fingerprint density at radius 3 is 2.69 bits per heavy atom. The lowest BCUT2D eigenvalue weighted by Crippen LogP contribution is -2.45. The molecule has 1 aromatic rings. The summed E-state index contributed by atoms with van der Waals surface area (Å²) in [4.78, 5) is 11.2. The Labute approximate surface area is 92.1 Å². The number of nitrogens with two attached hydrogens (primary N) is 1. The lowest BCUT2D eigenvalue weighted by molar-refractivity contribution is -0.122. The van der Waals surface area contributed by atoms with E-state index in [1.54, 1.807) is 12.1 Å². The van der Waals surface area contributed by atoms with Crippen LogP contribution in [0.1, 0.15) is 18.0 Å². The normalized spacial score (nSPS) is 24.4. The van der Waals surface area contributed by atoms with Crippen molar-refractivity contribution < 1.29 is 9.18 Å². The standard InChI is InChI=1S/C10H13FN4O/c11-7-3-1-6(2-4-7)8-5-9(15-14-8)10(16)13-12/h1-4,8-9,14-15H,5,12H2,(H,13,16). The third kappa shape index (κ3) is 2.19. The van der Waals surface area contributed by atoms with E-state index in [-0.39, 0.29) is 23.8 Å². The van der Waals surface area contributed by atoms with E-state index in [0.717, 1.165) is 5.56 Å². The predicted octanol–water partition coefficient (Wildman–Crippen LogP) is -0.277.